The maximum Gasteiger partial charge on any atom is 0.252 e. The number of carbonyl (C=O) groups excluding carboxylic acids is 1. The number of likely N-dealkylation sites (N-methyl/N-ethyl adjacent to an activating group) is 1. The van der Waals surface area contributed by atoms with E-state index in [0.29, 0.717) is 43.3 Å². The lowest BCUT2D eigenvalue weighted by Crippen LogP contribution is -2.44. The zero-order chi connectivity index (χ0) is 21.0. The maximum atomic E-state index is 12.7. The van der Waals surface area contributed by atoms with Gasteiger partial charge in [-0.3, -0.25) is 4.79 Å². The number of nitrogens with zero attached hydrogens (tertiary/aromatic N) is 2. The van der Waals surface area contributed by atoms with Crippen molar-refractivity contribution in [1.82, 2.24) is 9.21 Å². The first-order valence-electron chi connectivity index (χ1n) is 9.77. The molecule has 158 valence electrons. The summed E-state index contributed by atoms with van der Waals surface area (Å²) in [6, 6.07) is 9.42. The number of piperidine rings is 1. The first-order valence-corrected chi connectivity index (χ1v) is 12.1. The van der Waals surface area contributed by atoms with Gasteiger partial charge in [0.05, 0.1) is 6.54 Å². The molecule has 0 spiro atoms. The Morgan fingerprint density at radius 3 is 2.45 bits per heavy atom. The molecule has 0 saturated carbocycles. The van der Waals surface area contributed by atoms with E-state index in [4.69, 9.17) is 4.74 Å². The molecule has 1 saturated heterocycles. The van der Waals surface area contributed by atoms with E-state index >= 15 is 0 Å². The molecular formula is C21H28N2O4S2. The summed E-state index contributed by atoms with van der Waals surface area (Å²) in [7, 11) is -1.65. The lowest BCUT2D eigenvalue weighted by molar-refractivity contribution is -0.135. The summed E-state index contributed by atoms with van der Waals surface area (Å²) < 4.78 is 32.9. The average molecular weight is 437 g/mol. The standard InChI is InChI=1S/C21H28N2O4S2/c1-16-13-17(2)15-19(14-16)27-11-10-22(3)21(24)18-6-8-23(9-7-18)29(25,26)20-5-4-12-28-20/h4-5,12-15,18H,6-11H2,1-3H3. The number of carbonyl (C=O) groups is 1. The van der Waals surface area contributed by atoms with Crippen LogP contribution in [0.1, 0.15) is 24.0 Å². The second-order valence-electron chi connectivity index (χ2n) is 7.54. The molecule has 1 aromatic carbocycles. The predicted molar refractivity (Wildman–Crippen MR) is 115 cm³/mol. The SMILES string of the molecule is Cc1cc(C)cc(OCCN(C)C(=O)C2CCN(S(=O)(=O)c3cccs3)CC2)c1. The van der Waals surface area contributed by atoms with E-state index in [1.165, 1.54) is 15.6 Å². The Morgan fingerprint density at radius 1 is 1.21 bits per heavy atom. The molecule has 8 heteroatoms. The molecule has 2 aromatic rings. The van der Waals surface area contributed by atoms with Crippen LogP contribution in [-0.4, -0.2) is 56.8 Å². The third kappa shape index (κ3) is 5.38. The van der Waals surface area contributed by atoms with Gasteiger partial charge in [-0.15, -0.1) is 11.3 Å². The molecule has 1 aliphatic rings. The first kappa shape index (κ1) is 21.8. The second-order valence-corrected chi connectivity index (χ2v) is 10.7. The molecule has 2 heterocycles. The molecule has 3 rings (SSSR count). The molecule has 6 nitrogen and oxygen atoms in total. The lowest BCUT2D eigenvalue weighted by atomic mass is 9.97. The molecular weight excluding hydrogens is 408 g/mol. The number of aryl methyl sites for hydroxylation is 2. The summed E-state index contributed by atoms with van der Waals surface area (Å²) in [5.41, 5.74) is 2.29. The monoisotopic (exact) mass is 436 g/mol. The minimum absolute atomic E-state index is 0.0576. The Morgan fingerprint density at radius 2 is 1.86 bits per heavy atom. The van der Waals surface area contributed by atoms with Gasteiger partial charge in [-0.2, -0.15) is 4.31 Å². The molecule has 1 aromatic heterocycles. The Kier molecular flexibility index (Phi) is 6.97. The van der Waals surface area contributed by atoms with E-state index in [2.05, 4.69) is 6.07 Å². The zero-order valence-corrected chi connectivity index (χ0v) is 18.8. The molecule has 29 heavy (non-hydrogen) atoms. The van der Waals surface area contributed by atoms with Gasteiger partial charge in [-0.05, 0) is 61.4 Å². The highest BCUT2D eigenvalue weighted by Crippen LogP contribution is 2.27. The highest BCUT2D eigenvalue weighted by molar-refractivity contribution is 7.91. The number of ether oxygens (including phenoxy) is 1. The average Bonchev–Trinajstić information content (AvgIpc) is 3.22. The summed E-state index contributed by atoms with van der Waals surface area (Å²) in [6.07, 6.45) is 1.09. The van der Waals surface area contributed by atoms with Crippen LogP contribution < -0.4 is 4.74 Å². The van der Waals surface area contributed by atoms with Gasteiger partial charge in [0.25, 0.3) is 10.0 Å². The number of rotatable bonds is 7. The normalized spacial score (nSPS) is 16.0. The van der Waals surface area contributed by atoms with E-state index < -0.39 is 10.0 Å². The highest BCUT2D eigenvalue weighted by atomic mass is 32.2. The van der Waals surface area contributed by atoms with E-state index in [1.807, 2.05) is 26.0 Å². The predicted octanol–water partition coefficient (Wildman–Crippen LogP) is 3.30. The Hall–Kier alpha value is -1.90. The van der Waals surface area contributed by atoms with Crippen molar-refractivity contribution in [2.75, 3.05) is 33.3 Å². The third-order valence-corrected chi connectivity index (χ3v) is 8.43. The largest absolute Gasteiger partial charge is 0.492 e. The van der Waals surface area contributed by atoms with Crippen molar-refractivity contribution in [3.05, 3.63) is 46.8 Å². The van der Waals surface area contributed by atoms with Crippen molar-refractivity contribution < 1.29 is 17.9 Å². The Bertz CT molecular complexity index is 913. The van der Waals surface area contributed by atoms with Crippen LogP contribution in [0, 0.1) is 19.8 Å². The van der Waals surface area contributed by atoms with Gasteiger partial charge in [-0.25, -0.2) is 8.42 Å². The number of benzene rings is 1. The summed E-state index contributed by atoms with van der Waals surface area (Å²) in [5.74, 6) is 0.730. The van der Waals surface area contributed by atoms with Gasteiger partial charge in [0.2, 0.25) is 5.91 Å². The van der Waals surface area contributed by atoms with E-state index in [0.717, 1.165) is 16.9 Å². The van der Waals surface area contributed by atoms with E-state index in [9.17, 15) is 13.2 Å². The summed E-state index contributed by atoms with van der Waals surface area (Å²) in [4.78, 5) is 14.4. The van der Waals surface area contributed by atoms with Crippen molar-refractivity contribution in [3.8, 4) is 5.75 Å². The van der Waals surface area contributed by atoms with Crippen LogP contribution in [-0.2, 0) is 14.8 Å². The zero-order valence-electron chi connectivity index (χ0n) is 17.1. The number of amides is 1. The molecule has 0 aliphatic carbocycles. The van der Waals surface area contributed by atoms with Crippen molar-refractivity contribution in [2.24, 2.45) is 5.92 Å². The van der Waals surface area contributed by atoms with Crippen molar-refractivity contribution in [2.45, 2.75) is 30.9 Å². The van der Waals surface area contributed by atoms with Crippen LogP contribution in [0.5, 0.6) is 5.75 Å². The third-order valence-electron chi connectivity index (χ3n) is 5.16. The van der Waals surface area contributed by atoms with Crippen LogP contribution >= 0.6 is 11.3 Å². The molecule has 0 atom stereocenters. The molecule has 1 fully saturated rings. The smallest absolute Gasteiger partial charge is 0.252 e. The van der Waals surface area contributed by atoms with E-state index in [-0.39, 0.29) is 11.8 Å². The van der Waals surface area contributed by atoms with Gasteiger partial charge < -0.3 is 9.64 Å². The second kappa shape index (κ2) is 9.28. The van der Waals surface area contributed by atoms with Crippen molar-refractivity contribution in [3.63, 3.8) is 0 Å². The van der Waals surface area contributed by atoms with Crippen LogP contribution in [0.4, 0.5) is 0 Å². The lowest BCUT2D eigenvalue weighted by Gasteiger charge is -2.32. The number of hydrogen-bond donors (Lipinski definition) is 0. The Labute approximate surface area is 177 Å². The highest BCUT2D eigenvalue weighted by Gasteiger charge is 2.33. The molecule has 1 aliphatic heterocycles. The fraction of sp³-hybridized carbons (Fsp3) is 0.476. The van der Waals surface area contributed by atoms with Crippen molar-refractivity contribution >= 4 is 27.3 Å². The number of hydrogen-bond acceptors (Lipinski definition) is 5. The van der Waals surface area contributed by atoms with E-state index in [1.54, 1.807) is 29.5 Å². The fourth-order valence-corrected chi connectivity index (χ4v) is 6.23. The Balaban J connectivity index is 1.47. The molecule has 1 amide bonds. The van der Waals surface area contributed by atoms with Gasteiger partial charge in [0.1, 0.15) is 16.6 Å². The van der Waals surface area contributed by atoms with Crippen molar-refractivity contribution in [1.29, 1.82) is 0 Å². The molecule has 0 radical (unpaired) electrons. The molecule has 0 N–H and O–H groups in total. The molecule has 0 unspecified atom stereocenters. The van der Waals surface area contributed by atoms with Crippen LogP contribution in [0.2, 0.25) is 0 Å². The van der Waals surface area contributed by atoms with Crippen LogP contribution in [0.15, 0.2) is 39.9 Å². The topological polar surface area (TPSA) is 66.9 Å². The number of thiophene rings is 1. The van der Waals surface area contributed by atoms with Crippen LogP contribution in [0.3, 0.4) is 0 Å². The van der Waals surface area contributed by atoms with Gasteiger partial charge in [0, 0.05) is 26.1 Å². The minimum atomic E-state index is -3.43. The quantitative estimate of drug-likeness (QED) is 0.668. The molecule has 0 bridgehead atoms. The number of sulfonamides is 1. The van der Waals surface area contributed by atoms with Crippen LogP contribution in [0.25, 0.3) is 0 Å². The van der Waals surface area contributed by atoms with Gasteiger partial charge in [0.15, 0.2) is 0 Å². The first-order chi connectivity index (χ1) is 13.8. The maximum absolute atomic E-state index is 12.7. The minimum Gasteiger partial charge on any atom is -0.492 e. The van der Waals surface area contributed by atoms with Gasteiger partial charge in [-0.1, -0.05) is 12.1 Å². The fourth-order valence-electron chi connectivity index (χ4n) is 3.62. The van der Waals surface area contributed by atoms with Gasteiger partial charge >= 0.3 is 0 Å². The summed E-state index contributed by atoms with van der Waals surface area (Å²) >= 11 is 1.23. The summed E-state index contributed by atoms with van der Waals surface area (Å²) in [6.45, 7) is 5.74. The summed E-state index contributed by atoms with van der Waals surface area (Å²) in [5, 5.41) is 1.76.